The molecule has 0 aliphatic carbocycles. The molecule has 0 spiro atoms. The fraction of sp³-hybridized carbons (Fsp3) is 0.346. The Balaban J connectivity index is 1.93. The van der Waals surface area contributed by atoms with Gasteiger partial charge in [-0.2, -0.15) is 0 Å². The van der Waals surface area contributed by atoms with Gasteiger partial charge >= 0.3 is 12.0 Å². The highest BCUT2D eigenvalue weighted by molar-refractivity contribution is 6.34. The summed E-state index contributed by atoms with van der Waals surface area (Å²) in [5.41, 5.74) is 1.61. The molecule has 10 nitrogen and oxygen atoms in total. The summed E-state index contributed by atoms with van der Waals surface area (Å²) in [6.07, 6.45) is 0.705. The summed E-state index contributed by atoms with van der Waals surface area (Å²) in [5.74, 6) is -0.954. The van der Waals surface area contributed by atoms with Gasteiger partial charge < -0.3 is 15.4 Å². The molecule has 0 saturated carbocycles. The van der Waals surface area contributed by atoms with Crippen LogP contribution in [0, 0.1) is 16.0 Å². The minimum absolute atomic E-state index is 0.0625. The van der Waals surface area contributed by atoms with E-state index in [2.05, 4.69) is 10.6 Å². The zero-order chi connectivity index (χ0) is 27.3. The topological polar surface area (TPSA) is 131 Å². The molecule has 11 heteroatoms. The highest BCUT2D eigenvalue weighted by Crippen LogP contribution is 2.33. The number of hydrogen-bond donors (Lipinski definition) is 2. The lowest BCUT2D eigenvalue weighted by Crippen LogP contribution is -2.48. The molecule has 1 aliphatic heterocycles. The molecule has 2 aromatic carbocycles. The lowest BCUT2D eigenvalue weighted by Gasteiger charge is -2.35. The third kappa shape index (κ3) is 6.45. The van der Waals surface area contributed by atoms with Crippen LogP contribution in [-0.4, -0.2) is 40.9 Å². The van der Waals surface area contributed by atoms with Gasteiger partial charge in [0, 0.05) is 30.1 Å². The second kappa shape index (κ2) is 11.9. The molecule has 37 heavy (non-hydrogen) atoms. The van der Waals surface area contributed by atoms with Crippen LogP contribution in [0.1, 0.15) is 56.1 Å². The second-order valence-electron chi connectivity index (χ2n) is 9.03. The zero-order valence-electron chi connectivity index (χ0n) is 21.0. The number of anilines is 1. The molecule has 1 aliphatic rings. The maximum absolute atomic E-state index is 13.1. The average molecular weight is 529 g/mol. The molecule has 3 amide bonds. The number of urea groups is 1. The van der Waals surface area contributed by atoms with Gasteiger partial charge in [-0.15, -0.1) is 0 Å². The number of carbonyl (C=O) groups is 3. The van der Waals surface area contributed by atoms with Crippen molar-refractivity contribution in [3.8, 4) is 0 Å². The number of carbonyl (C=O) groups excluding carboxylic acids is 3. The molecule has 0 aromatic heterocycles. The van der Waals surface area contributed by atoms with E-state index in [1.807, 2.05) is 20.8 Å². The van der Waals surface area contributed by atoms with E-state index in [0.717, 1.165) is 6.07 Å². The van der Waals surface area contributed by atoms with Crippen LogP contribution >= 0.6 is 11.6 Å². The first-order chi connectivity index (χ1) is 17.5. The molecule has 3 rings (SSSR count). The van der Waals surface area contributed by atoms with Gasteiger partial charge in [-0.25, -0.2) is 9.59 Å². The number of nitrogens with zero attached hydrogens (tertiary/aromatic N) is 2. The number of nitro groups is 1. The molecular weight excluding hydrogens is 500 g/mol. The number of non-ortho nitro benzene ring substituents is 1. The van der Waals surface area contributed by atoms with Crippen LogP contribution in [0.5, 0.6) is 0 Å². The highest BCUT2D eigenvalue weighted by atomic mass is 35.5. The molecule has 2 aromatic rings. The van der Waals surface area contributed by atoms with Crippen LogP contribution in [0.3, 0.4) is 0 Å². The summed E-state index contributed by atoms with van der Waals surface area (Å²) in [7, 11) is 0. The molecule has 2 N–H and O–H groups in total. The number of halogens is 1. The Kier molecular flexibility index (Phi) is 8.88. The molecule has 0 bridgehead atoms. The fourth-order valence-corrected chi connectivity index (χ4v) is 4.17. The number of esters is 1. The third-order valence-corrected chi connectivity index (χ3v) is 6.01. The van der Waals surface area contributed by atoms with E-state index in [1.54, 1.807) is 31.2 Å². The SMILES string of the molecule is CCCN1C(=O)N[C@@H](c2cccc(NC(=O)c3ccc([N+](=O)[O-])cc3Cl)c2)C(C(=O)OCC(C)C)=C1C. The predicted octanol–water partition coefficient (Wildman–Crippen LogP) is 5.45. The molecule has 1 heterocycles. The molecule has 0 radical (unpaired) electrons. The number of ether oxygens (including phenoxy) is 1. The lowest BCUT2D eigenvalue weighted by atomic mass is 9.94. The monoisotopic (exact) mass is 528 g/mol. The van der Waals surface area contributed by atoms with Gasteiger partial charge in [0.25, 0.3) is 11.6 Å². The van der Waals surface area contributed by atoms with Gasteiger partial charge in [-0.3, -0.25) is 19.8 Å². The van der Waals surface area contributed by atoms with Gasteiger partial charge in [0.1, 0.15) is 0 Å². The number of amides is 3. The predicted molar refractivity (Wildman–Crippen MR) is 139 cm³/mol. The van der Waals surface area contributed by atoms with Crippen molar-refractivity contribution in [2.75, 3.05) is 18.5 Å². The Labute approximate surface area is 219 Å². The summed E-state index contributed by atoms with van der Waals surface area (Å²) in [5, 5.41) is 16.5. The van der Waals surface area contributed by atoms with Gasteiger partial charge in [-0.05, 0) is 43.0 Å². The normalized spacial score (nSPS) is 15.5. The lowest BCUT2D eigenvalue weighted by molar-refractivity contribution is -0.384. The zero-order valence-corrected chi connectivity index (χ0v) is 21.8. The number of rotatable bonds is 9. The maximum atomic E-state index is 13.1. The smallest absolute Gasteiger partial charge is 0.338 e. The Morgan fingerprint density at radius 2 is 1.97 bits per heavy atom. The van der Waals surface area contributed by atoms with Crippen molar-refractivity contribution in [1.82, 2.24) is 10.2 Å². The largest absolute Gasteiger partial charge is 0.462 e. The maximum Gasteiger partial charge on any atom is 0.338 e. The van der Waals surface area contributed by atoms with Crippen LogP contribution < -0.4 is 10.6 Å². The standard InChI is InChI=1S/C26H29ClN4O6/c1-5-11-30-16(4)22(25(33)37-14-15(2)3)23(29-26(30)34)17-7-6-8-18(12-17)28-24(32)20-10-9-19(31(35)36)13-21(20)27/h6-10,12-13,15,23H,5,11,14H2,1-4H3,(H,28,32)(H,29,34)/t23-/m0/s1. The van der Waals surface area contributed by atoms with Crippen molar-refractivity contribution >= 4 is 40.9 Å². The molecule has 1 atom stereocenters. The van der Waals surface area contributed by atoms with Gasteiger partial charge in [0.15, 0.2) is 0 Å². The number of allylic oxidation sites excluding steroid dienone is 1. The number of benzene rings is 2. The van der Waals surface area contributed by atoms with Crippen molar-refractivity contribution < 1.29 is 24.0 Å². The first-order valence-corrected chi connectivity index (χ1v) is 12.2. The number of hydrogen-bond acceptors (Lipinski definition) is 6. The molecule has 196 valence electrons. The minimum Gasteiger partial charge on any atom is -0.462 e. The van der Waals surface area contributed by atoms with Crippen molar-refractivity contribution in [2.45, 2.75) is 40.2 Å². The summed E-state index contributed by atoms with van der Waals surface area (Å²) in [4.78, 5) is 50.7. The third-order valence-electron chi connectivity index (χ3n) is 5.70. The Bertz CT molecular complexity index is 1260. The van der Waals surface area contributed by atoms with E-state index in [1.165, 1.54) is 17.0 Å². The summed E-state index contributed by atoms with van der Waals surface area (Å²) < 4.78 is 5.51. The molecule has 0 unspecified atom stereocenters. The van der Waals surface area contributed by atoms with Crippen LogP contribution in [0.2, 0.25) is 5.02 Å². The Morgan fingerprint density at radius 1 is 1.24 bits per heavy atom. The molecule has 0 saturated heterocycles. The van der Waals surface area contributed by atoms with Crippen LogP contribution in [0.15, 0.2) is 53.7 Å². The van der Waals surface area contributed by atoms with Crippen LogP contribution in [-0.2, 0) is 9.53 Å². The van der Waals surface area contributed by atoms with Crippen molar-refractivity contribution in [2.24, 2.45) is 5.92 Å². The van der Waals surface area contributed by atoms with Crippen molar-refractivity contribution in [3.05, 3.63) is 80.0 Å². The minimum atomic E-state index is -0.792. The van der Waals surface area contributed by atoms with Crippen LogP contribution in [0.4, 0.5) is 16.2 Å². The average Bonchev–Trinajstić information content (AvgIpc) is 2.84. The number of nitro benzene ring substituents is 1. The molecule has 0 fully saturated rings. The van der Waals surface area contributed by atoms with E-state index in [-0.39, 0.29) is 34.8 Å². The van der Waals surface area contributed by atoms with Crippen LogP contribution in [0.25, 0.3) is 0 Å². The first-order valence-electron chi connectivity index (χ1n) is 11.8. The van der Waals surface area contributed by atoms with Gasteiger partial charge in [0.2, 0.25) is 0 Å². The second-order valence-corrected chi connectivity index (χ2v) is 9.43. The van der Waals surface area contributed by atoms with E-state index in [4.69, 9.17) is 16.3 Å². The quantitative estimate of drug-likeness (QED) is 0.253. The van der Waals surface area contributed by atoms with E-state index >= 15 is 0 Å². The summed E-state index contributed by atoms with van der Waals surface area (Å²) in [6, 6.07) is 9.14. The summed E-state index contributed by atoms with van der Waals surface area (Å²) in [6.45, 7) is 8.19. The van der Waals surface area contributed by atoms with Crippen molar-refractivity contribution in [3.63, 3.8) is 0 Å². The van der Waals surface area contributed by atoms with Gasteiger partial charge in [-0.1, -0.05) is 44.5 Å². The summed E-state index contributed by atoms with van der Waals surface area (Å²) >= 11 is 6.09. The Morgan fingerprint density at radius 3 is 2.59 bits per heavy atom. The van der Waals surface area contributed by atoms with E-state index in [9.17, 15) is 24.5 Å². The fourth-order valence-electron chi connectivity index (χ4n) is 3.90. The van der Waals surface area contributed by atoms with Gasteiger partial charge in [0.05, 0.1) is 33.7 Å². The van der Waals surface area contributed by atoms with Crippen molar-refractivity contribution in [1.29, 1.82) is 0 Å². The molecular formula is C26H29ClN4O6. The van der Waals surface area contributed by atoms with E-state index in [0.29, 0.717) is 35.5 Å². The number of nitrogens with one attached hydrogen (secondary N) is 2. The first kappa shape index (κ1) is 27.7. The van der Waals surface area contributed by atoms with E-state index < -0.39 is 22.8 Å². The Hall–Kier alpha value is -3.92. The highest BCUT2D eigenvalue weighted by Gasteiger charge is 2.36.